The summed E-state index contributed by atoms with van der Waals surface area (Å²) in [5, 5.41) is 5.38. The first kappa shape index (κ1) is 12.4. The molecule has 0 spiro atoms. The number of carbonyl (C=O) groups excluding carboxylic acids is 1. The summed E-state index contributed by atoms with van der Waals surface area (Å²) in [5.41, 5.74) is 1.17. The van der Waals surface area contributed by atoms with Gasteiger partial charge in [-0.05, 0) is 31.2 Å². The number of carbonyl (C=O) groups is 1. The van der Waals surface area contributed by atoms with E-state index in [1.807, 2.05) is 12.3 Å². The third kappa shape index (κ3) is 3.49. The van der Waals surface area contributed by atoms with E-state index in [4.69, 9.17) is 0 Å². The standard InChI is InChI=1S/C13H11FN2OS/c1-9-15-12(8-18-9)5-6-13(17)16-11-4-2-3-10(14)7-11/h2-8H,1H3,(H,16,17)/b6-5+. The molecule has 5 heteroatoms. The number of halogens is 1. The van der Waals surface area contributed by atoms with Crippen LogP contribution in [0.2, 0.25) is 0 Å². The molecule has 0 atom stereocenters. The van der Waals surface area contributed by atoms with Crippen LogP contribution in [0.1, 0.15) is 10.7 Å². The van der Waals surface area contributed by atoms with Gasteiger partial charge in [-0.15, -0.1) is 11.3 Å². The Morgan fingerprint density at radius 3 is 3.00 bits per heavy atom. The second-order valence-electron chi connectivity index (χ2n) is 3.62. The van der Waals surface area contributed by atoms with E-state index in [1.165, 1.54) is 29.5 Å². The highest BCUT2D eigenvalue weighted by atomic mass is 32.1. The Morgan fingerprint density at radius 2 is 2.33 bits per heavy atom. The van der Waals surface area contributed by atoms with Crippen molar-refractivity contribution in [1.29, 1.82) is 0 Å². The fourth-order valence-corrected chi connectivity index (χ4v) is 1.95. The van der Waals surface area contributed by atoms with Gasteiger partial charge in [-0.2, -0.15) is 0 Å². The van der Waals surface area contributed by atoms with Crippen molar-refractivity contribution in [3.8, 4) is 0 Å². The number of aryl methyl sites for hydroxylation is 1. The van der Waals surface area contributed by atoms with Gasteiger partial charge < -0.3 is 5.32 Å². The van der Waals surface area contributed by atoms with Gasteiger partial charge in [0, 0.05) is 17.1 Å². The number of aromatic nitrogens is 1. The van der Waals surface area contributed by atoms with Crippen molar-refractivity contribution in [3.63, 3.8) is 0 Å². The van der Waals surface area contributed by atoms with Gasteiger partial charge in [0.2, 0.25) is 5.91 Å². The second kappa shape index (κ2) is 5.55. The molecule has 0 saturated heterocycles. The van der Waals surface area contributed by atoms with Gasteiger partial charge in [0.1, 0.15) is 5.82 Å². The van der Waals surface area contributed by atoms with Gasteiger partial charge in [0.15, 0.2) is 0 Å². The number of nitrogens with one attached hydrogen (secondary N) is 1. The monoisotopic (exact) mass is 262 g/mol. The van der Waals surface area contributed by atoms with E-state index in [1.54, 1.807) is 18.2 Å². The second-order valence-corrected chi connectivity index (χ2v) is 4.69. The van der Waals surface area contributed by atoms with Crippen molar-refractivity contribution in [1.82, 2.24) is 4.98 Å². The van der Waals surface area contributed by atoms with E-state index < -0.39 is 0 Å². The van der Waals surface area contributed by atoms with Crippen LogP contribution in [0.25, 0.3) is 6.08 Å². The molecule has 2 rings (SSSR count). The summed E-state index contributed by atoms with van der Waals surface area (Å²) in [6.07, 6.45) is 3.00. The summed E-state index contributed by atoms with van der Waals surface area (Å²) < 4.78 is 12.9. The van der Waals surface area contributed by atoms with E-state index >= 15 is 0 Å². The quantitative estimate of drug-likeness (QED) is 0.863. The van der Waals surface area contributed by atoms with Crippen LogP contribution in [0.3, 0.4) is 0 Å². The molecule has 0 unspecified atom stereocenters. The number of benzene rings is 1. The average Bonchev–Trinajstić information content (AvgIpc) is 2.73. The lowest BCUT2D eigenvalue weighted by atomic mass is 10.3. The molecule has 1 N–H and O–H groups in total. The Hall–Kier alpha value is -2.01. The molecule has 0 radical (unpaired) electrons. The van der Waals surface area contributed by atoms with Crippen molar-refractivity contribution < 1.29 is 9.18 Å². The van der Waals surface area contributed by atoms with Crippen molar-refractivity contribution in [2.45, 2.75) is 6.92 Å². The third-order valence-electron chi connectivity index (χ3n) is 2.13. The van der Waals surface area contributed by atoms with Gasteiger partial charge in [-0.1, -0.05) is 6.07 Å². The van der Waals surface area contributed by atoms with Gasteiger partial charge in [-0.3, -0.25) is 4.79 Å². The van der Waals surface area contributed by atoms with Crippen molar-refractivity contribution in [2.24, 2.45) is 0 Å². The lowest BCUT2D eigenvalue weighted by molar-refractivity contribution is -0.111. The van der Waals surface area contributed by atoms with E-state index in [-0.39, 0.29) is 11.7 Å². The Kier molecular flexibility index (Phi) is 3.84. The molecule has 18 heavy (non-hydrogen) atoms. The first-order valence-corrected chi connectivity index (χ1v) is 6.18. The highest BCUT2D eigenvalue weighted by Gasteiger charge is 1.99. The van der Waals surface area contributed by atoms with Crippen LogP contribution in [0.4, 0.5) is 10.1 Å². The van der Waals surface area contributed by atoms with Crippen molar-refractivity contribution in [2.75, 3.05) is 5.32 Å². The minimum atomic E-state index is -0.382. The molecule has 3 nitrogen and oxygen atoms in total. The Bertz CT molecular complexity index is 592. The fourth-order valence-electron chi connectivity index (χ4n) is 1.37. The zero-order valence-corrected chi connectivity index (χ0v) is 10.5. The lowest BCUT2D eigenvalue weighted by Gasteiger charge is -2.00. The molecule has 1 aromatic heterocycles. The summed E-state index contributed by atoms with van der Waals surface area (Å²) in [7, 11) is 0. The van der Waals surface area contributed by atoms with E-state index in [0.29, 0.717) is 5.69 Å². The maximum atomic E-state index is 12.9. The predicted octanol–water partition coefficient (Wildman–Crippen LogP) is 3.24. The summed E-state index contributed by atoms with van der Waals surface area (Å²) in [6.45, 7) is 1.90. The number of hydrogen-bond donors (Lipinski definition) is 1. The molecule has 1 amide bonds. The van der Waals surface area contributed by atoms with Crippen LogP contribution in [-0.2, 0) is 4.79 Å². The normalized spacial score (nSPS) is 10.8. The van der Waals surface area contributed by atoms with Crippen molar-refractivity contribution in [3.05, 3.63) is 52.2 Å². The van der Waals surface area contributed by atoms with Crippen LogP contribution in [0, 0.1) is 12.7 Å². The topological polar surface area (TPSA) is 42.0 Å². The fraction of sp³-hybridized carbons (Fsp3) is 0.0769. The first-order chi connectivity index (χ1) is 8.63. The molecule has 0 aliphatic rings. The zero-order valence-electron chi connectivity index (χ0n) is 9.68. The number of hydrogen-bond acceptors (Lipinski definition) is 3. The smallest absolute Gasteiger partial charge is 0.248 e. The Labute approximate surface area is 108 Å². The van der Waals surface area contributed by atoms with E-state index in [2.05, 4.69) is 10.3 Å². The van der Waals surface area contributed by atoms with Crippen LogP contribution in [0.5, 0.6) is 0 Å². The Morgan fingerprint density at radius 1 is 1.50 bits per heavy atom. The van der Waals surface area contributed by atoms with Crippen LogP contribution >= 0.6 is 11.3 Å². The highest BCUT2D eigenvalue weighted by Crippen LogP contribution is 2.11. The summed E-state index contributed by atoms with van der Waals surface area (Å²) in [5.74, 6) is -0.696. The van der Waals surface area contributed by atoms with Crippen LogP contribution in [-0.4, -0.2) is 10.9 Å². The predicted molar refractivity (Wildman–Crippen MR) is 70.9 cm³/mol. The molecule has 0 aliphatic heterocycles. The van der Waals surface area contributed by atoms with Crippen molar-refractivity contribution >= 4 is 29.0 Å². The van der Waals surface area contributed by atoms with E-state index in [9.17, 15) is 9.18 Å². The lowest BCUT2D eigenvalue weighted by Crippen LogP contribution is -2.07. The number of amides is 1. The molecule has 1 aromatic carbocycles. The number of nitrogens with zero attached hydrogens (tertiary/aromatic N) is 1. The number of thiazole rings is 1. The molecule has 92 valence electrons. The molecule has 2 aromatic rings. The van der Waals surface area contributed by atoms with Gasteiger partial charge in [0.05, 0.1) is 10.7 Å². The zero-order chi connectivity index (χ0) is 13.0. The van der Waals surface area contributed by atoms with Crippen LogP contribution in [0.15, 0.2) is 35.7 Å². The molecule has 0 bridgehead atoms. The molecule has 0 fully saturated rings. The number of anilines is 1. The average molecular weight is 262 g/mol. The summed E-state index contributed by atoms with van der Waals surface area (Å²) >= 11 is 1.52. The SMILES string of the molecule is Cc1nc(/C=C/C(=O)Nc2cccc(F)c2)cs1. The first-order valence-electron chi connectivity index (χ1n) is 5.30. The molecular formula is C13H11FN2OS. The Balaban J connectivity index is 1.98. The maximum Gasteiger partial charge on any atom is 0.248 e. The van der Waals surface area contributed by atoms with Crippen LogP contribution < -0.4 is 5.32 Å². The minimum Gasteiger partial charge on any atom is -0.322 e. The largest absolute Gasteiger partial charge is 0.322 e. The summed E-state index contributed by atoms with van der Waals surface area (Å²) in [6, 6.07) is 5.75. The molecule has 0 aliphatic carbocycles. The number of rotatable bonds is 3. The third-order valence-corrected chi connectivity index (χ3v) is 2.93. The minimum absolute atomic E-state index is 0.314. The van der Waals surface area contributed by atoms with Gasteiger partial charge in [0.25, 0.3) is 0 Å². The summed E-state index contributed by atoms with van der Waals surface area (Å²) in [4.78, 5) is 15.8. The maximum absolute atomic E-state index is 12.9. The van der Waals surface area contributed by atoms with E-state index in [0.717, 1.165) is 10.7 Å². The van der Waals surface area contributed by atoms with Gasteiger partial charge in [-0.25, -0.2) is 9.37 Å². The molecular weight excluding hydrogens is 251 g/mol. The molecule has 0 saturated carbocycles. The van der Waals surface area contributed by atoms with Gasteiger partial charge >= 0.3 is 0 Å². The molecule has 1 heterocycles. The highest BCUT2D eigenvalue weighted by molar-refractivity contribution is 7.09.